The molecule has 2 heterocycles. The number of nitrogens with one attached hydrogen (secondary N) is 2. The van der Waals surface area contributed by atoms with E-state index in [4.69, 9.17) is 5.26 Å². The number of aryl methyl sites for hydroxylation is 1. The third kappa shape index (κ3) is 3.29. The Labute approximate surface area is 124 Å². The minimum atomic E-state index is -0.566. The lowest BCUT2D eigenvalue weighted by Crippen LogP contribution is -2.21. The average Bonchev–Trinajstić information content (AvgIpc) is 2.79. The Kier molecular flexibility index (Phi) is 4.39. The molecular formula is C12H12N6O2S. The Balaban J connectivity index is 2.30. The molecule has 0 spiro atoms. The predicted molar refractivity (Wildman–Crippen MR) is 78.0 cm³/mol. The summed E-state index contributed by atoms with van der Waals surface area (Å²) in [4.78, 5) is 30.3. The zero-order chi connectivity index (χ0) is 15.4. The first-order valence-corrected chi connectivity index (χ1v) is 7.27. The average molecular weight is 304 g/mol. The molecule has 0 saturated carbocycles. The number of nitriles is 1. The Morgan fingerprint density at radius 3 is 3.05 bits per heavy atom. The molecule has 0 saturated heterocycles. The summed E-state index contributed by atoms with van der Waals surface area (Å²) in [6.45, 7) is 0. The number of nitrogens with zero attached hydrogens (tertiary/aromatic N) is 4. The quantitative estimate of drug-likeness (QED) is 0.849. The summed E-state index contributed by atoms with van der Waals surface area (Å²) in [6.07, 6.45) is 3.21. The zero-order valence-electron chi connectivity index (χ0n) is 11.4. The first-order chi connectivity index (χ1) is 10.0. The van der Waals surface area contributed by atoms with Crippen molar-refractivity contribution in [2.24, 2.45) is 7.05 Å². The van der Waals surface area contributed by atoms with Crippen molar-refractivity contribution in [2.45, 2.75) is 5.75 Å². The summed E-state index contributed by atoms with van der Waals surface area (Å²) in [5.74, 6) is 0.608. The fraction of sp³-hybridized carbons (Fsp3) is 0.250. The van der Waals surface area contributed by atoms with E-state index in [9.17, 15) is 9.59 Å². The van der Waals surface area contributed by atoms with Crippen LogP contribution < -0.4 is 10.9 Å². The molecule has 2 aromatic rings. The van der Waals surface area contributed by atoms with Gasteiger partial charge in [-0.15, -0.1) is 0 Å². The Hall–Kier alpha value is -2.60. The lowest BCUT2D eigenvalue weighted by molar-refractivity contribution is 0.102. The van der Waals surface area contributed by atoms with Crippen LogP contribution in [0.15, 0.2) is 17.1 Å². The van der Waals surface area contributed by atoms with Crippen molar-refractivity contribution in [1.29, 1.82) is 5.26 Å². The van der Waals surface area contributed by atoms with Crippen molar-refractivity contribution >= 4 is 23.5 Å². The van der Waals surface area contributed by atoms with E-state index in [0.29, 0.717) is 11.6 Å². The first kappa shape index (κ1) is 14.8. The van der Waals surface area contributed by atoms with Gasteiger partial charge in [0, 0.05) is 13.1 Å². The second-order valence-corrected chi connectivity index (χ2v) is 4.97. The molecule has 9 heteroatoms. The standard InChI is InChI=1S/C12H12N6O2S/c1-18-11(7(4-13)5-14-18)17-12(20)8-3-10(19)16-9(15-8)6-21-2/h3,5H,6H2,1-2H3,(H,17,20)(H,15,16,19). The van der Waals surface area contributed by atoms with Gasteiger partial charge in [0.1, 0.15) is 29.0 Å². The van der Waals surface area contributed by atoms with Crippen molar-refractivity contribution in [3.05, 3.63) is 39.7 Å². The number of aromatic amines is 1. The summed E-state index contributed by atoms with van der Waals surface area (Å²) in [5.41, 5.74) is -0.169. The Bertz CT molecular complexity index is 773. The van der Waals surface area contributed by atoms with E-state index in [1.165, 1.54) is 22.6 Å². The number of carbonyl (C=O) groups excluding carboxylic acids is 1. The number of H-pyrrole nitrogens is 1. The lowest BCUT2D eigenvalue weighted by Gasteiger charge is -2.06. The Morgan fingerprint density at radius 1 is 1.62 bits per heavy atom. The highest BCUT2D eigenvalue weighted by molar-refractivity contribution is 7.97. The molecule has 21 heavy (non-hydrogen) atoms. The molecule has 8 nitrogen and oxygen atoms in total. The number of hydrogen-bond donors (Lipinski definition) is 2. The number of amides is 1. The number of thioether (sulfide) groups is 1. The first-order valence-electron chi connectivity index (χ1n) is 5.87. The SMILES string of the molecule is CSCc1nc(C(=O)Nc2c(C#N)cnn2C)cc(=O)[nH]1. The van der Waals surface area contributed by atoms with Crippen LogP contribution in [0.3, 0.4) is 0 Å². The summed E-state index contributed by atoms with van der Waals surface area (Å²) < 4.78 is 1.37. The van der Waals surface area contributed by atoms with Gasteiger partial charge in [-0.25, -0.2) is 4.98 Å². The van der Waals surface area contributed by atoms with Crippen LogP contribution in [-0.2, 0) is 12.8 Å². The van der Waals surface area contributed by atoms with E-state index >= 15 is 0 Å². The molecule has 0 radical (unpaired) electrons. The molecule has 1 amide bonds. The van der Waals surface area contributed by atoms with Crippen LogP contribution in [0.1, 0.15) is 21.9 Å². The van der Waals surface area contributed by atoms with Gasteiger partial charge in [-0.05, 0) is 6.26 Å². The maximum Gasteiger partial charge on any atom is 0.275 e. The van der Waals surface area contributed by atoms with Crippen LogP contribution in [0.5, 0.6) is 0 Å². The highest BCUT2D eigenvalue weighted by Crippen LogP contribution is 2.13. The largest absolute Gasteiger partial charge is 0.310 e. The lowest BCUT2D eigenvalue weighted by atomic mass is 10.3. The smallest absolute Gasteiger partial charge is 0.275 e. The van der Waals surface area contributed by atoms with Crippen LogP contribution in [0.4, 0.5) is 5.82 Å². The summed E-state index contributed by atoms with van der Waals surface area (Å²) in [5, 5.41) is 15.4. The molecule has 0 aliphatic heterocycles. The molecule has 0 atom stereocenters. The van der Waals surface area contributed by atoms with Crippen molar-refractivity contribution in [2.75, 3.05) is 11.6 Å². The molecule has 2 aromatic heterocycles. The second-order valence-electron chi connectivity index (χ2n) is 4.11. The van der Waals surface area contributed by atoms with E-state index in [1.807, 2.05) is 12.3 Å². The highest BCUT2D eigenvalue weighted by atomic mass is 32.2. The molecule has 0 aliphatic carbocycles. The third-order valence-corrected chi connectivity index (χ3v) is 3.16. The third-order valence-electron chi connectivity index (χ3n) is 2.60. The number of hydrogen-bond acceptors (Lipinski definition) is 6. The molecule has 108 valence electrons. The van der Waals surface area contributed by atoms with E-state index < -0.39 is 11.5 Å². The zero-order valence-corrected chi connectivity index (χ0v) is 12.2. The molecule has 2 N–H and O–H groups in total. The van der Waals surface area contributed by atoms with Gasteiger partial charge in [-0.3, -0.25) is 14.3 Å². The number of anilines is 1. The normalized spacial score (nSPS) is 10.1. The minimum absolute atomic E-state index is 0.00658. The summed E-state index contributed by atoms with van der Waals surface area (Å²) in [6, 6.07) is 3.04. The van der Waals surface area contributed by atoms with E-state index in [1.54, 1.807) is 7.05 Å². The van der Waals surface area contributed by atoms with Crippen LogP contribution in [0.25, 0.3) is 0 Å². The molecular weight excluding hydrogens is 292 g/mol. The molecule has 0 bridgehead atoms. The molecule has 0 aromatic carbocycles. The summed E-state index contributed by atoms with van der Waals surface area (Å²) in [7, 11) is 1.60. The van der Waals surface area contributed by atoms with Gasteiger partial charge >= 0.3 is 0 Å². The molecule has 0 unspecified atom stereocenters. The van der Waals surface area contributed by atoms with Gasteiger partial charge in [-0.2, -0.15) is 22.1 Å². The fourth-order valence-electron chi connectivity index (χ4n) is 1.67. The van der Waals surface area contributed by atoms with Gasteiger partial charge in [0.05, 0.1) is 11.9 Å². The van der Waals surface area contributed by atoms with Gasteiger partial charge in [0.2, 0.25) is 0 Å². The van der Waals surface area contributed by atoms with Gasteiger partial charge in [0.25, 0.3) is 11.5 Å². The topological polar surface area (TPSA) is 116 Å². The van der Waals surface area contributed by atoms with Crippen LogP contribution in [-0.4, -0.2) is 31.9 Å². The monoisotopic (exact) mass is 304 g/mol. The predicted octanol–water partition coefficient (Wildman–Crippen LogP) is 0.490. The maximum absolute atomic E-state index is 12.2. The van der Waals surface area contributed by atoms with Crippen LogP contribution in [0, 0.1) is 11.3 Å². The number of rotatable bonds is 4. The van der Waals surface area contributed by atoms with Crippen molar-refractivity contribution in [3.63, 3.8) is 0 Å². The van der Waals surface area contributed by atoms with E-state index in [-0.39, 0.29) is 17.1 Å². The molecule has 2 rings (SSSR count). The van der Waals surface area contributed by atoms with Crippen molar-refractivity contribution in [1.82, 2.24) is 19.7 Å². The van der Waals surface area contributed by atoms with Gasteiger partial charge in [-0.1, -0.05) is 0 Å². The summed E-state index contributed by atoms with van der Waals surface area (Å²) >= 11 is 1.48. The highest BCUT2D eigenvalue weighted by Gasteiger charge is 2.15. The second kappa shape index (κ2) is 6.23. The minimum Gasteiger partial charge on any atom is -0.310 e. The van der Waals surface area contributed by atoms with Gasteiger partial charge < -0.3 is 10.3 Å². The van der Waals surface area contributed by atoms with Crippen molar-refractivity contribution < 1.29 is 4.79 Å². The van der Waals surface area contributed by atoms with E-state index in [0.717, 1.165) is 6.07 Å². The Morgan fingerprint density at radius 2 is 2.38 bits per heavy atom. The molecule has 0 aliphatic rings. The van der Waals surface area contributed by atoms with Gasteiger partial charge in [0.15, 0.2) is 0 Å². The molecule has 0 fully saturated rings. The van der Waals surface area contributed by atoms with Crippen LogP contribution >= 0.6 is 11.8 Å². The number of carbonyl (C=O) groups is 1. The maximum atomic E-state index is 12.2. The number of aromatic nitrogens is 4. The van der Waals surface area contributed by atoms with Crippen LogP contribution in [0.2, 0.25) is 0 Å². The van der Waals surface area contributed by atoms with Crippen molar-refractivity contribution in [3.8, 4) is 6.07 Å². The van der Waals surface area contributed by atoms with E-state index in [2.05, 4.69) is 20.4 Å². The fourth-order valence-corrected chi connectivity index (χ4v) is 2.08.